The topological polar surface area (TPSA) is 71.8 Å². The summed E-state index contributed by atoms with van der Waals surface area (Å²) in [6.07, 6.45) is 2.36. The van der Waals surface area contributed by atoms with Crippen LogP contribution in [0.4, 0.5) is 5.69 Å². The molecular formula is C21H28N2O4. The molecule has 0 unspecified atom stereocenters. The molecule has 6 heteroatoms. The molecule has 0 radical (unpaired) electrons. The van der Waals surface area contributed by atoms with E-state index in [0.29, 0.717) is 29.8 Å². The molecule has 0 saturated carbocycles. The largest absolute Gasteiger partial charge is 0.423 e. The molecule has 1 aromatic heterocycles. The van der Waals surface area contributed by atoms with Gasteiger partial charge in [-0.1, -0.05) is 13.8 Å². The smallest absolute Gasteiger partial charge is 0.336 e. The molecule has 0 atom stereocenters. The number of anilines is 1. The highest BCUT2D eigenvalue weighted by Crippen LogP contribution is 2.24. The molecule has 146 valence electrons. The number of carbonyl (C=O) groups excluding carboxylic acids is 1. The highest BCUT2D eigenvalue weighted by atomic mass is 16.5. The lowest BCUT2D eigenvalue weighted by atomic mass is 10.0. The van der Waals surface area contributed by atoms with E-state index in [1.807, 2.05) is 12.1 Å². The van der Waals surface area contributed by atoms with Gasteiger partial charge in [0.2, 0.25) is 5.91 Å². The number of nitrogens with one attached hydrogen (secondary N) is 1. The second-order valence-corrected chi connectivity index (χ2v) is 7.69. The highest BCUT2D eigenvalue weighted by Gasteiger charge is 2.21. The van der Waals surface area contributed by atoms with Gasteiger partial charge >= 0.3 is 5.63 Å². The average Bonchev–Trinajstić information content (AvgIpc) is 2.60. The summed E-state index contributed by atoms with van der Waals surface area (Å²) in [5.74, 6) is 0.399. The van der Waals surface area contributed by atoms with Gasteiger partial charge in [-0.25, -0.2) is 4.79 Å². The summed E-state index contributed by atoms with van der Waals surface area (Å²) in [5, 5.41) is 3.62. The normalized spacial score (nSPS) is 16.1. The van der Waals surface area contributed by atoms with E-state index in [4.69, 9.17) is 9.15 Å². The molecule has 0 spiro atoms. The molecule has 1 fully saturated rings. The standard InChI is InChI=1S/C21H28N2O4/c1-14(2)13-26-18-6-8-23(9-7-18)12-16-10-21(25)27-20-11-17(22-15(3)24)4-5-19(16)20/h4-5,10-11,14,18H,6-9,12-13H2,1-3H3,(H,22,24). The van der Waals surface area contributed by atoms with Gasteiger partial charge < -0.3 is 14.5 Å². The van der Waals surface area contributed by atoms with Crippen molar-refractivity contribution in [3.05, 3.63) is 40.2 Å². The number of fused-ring (bicyclic) bond motifs is 1. The highest BCUT2D eigenvalue weighted by molar-refractivity contribution is 5.92. The van der Waals surface area contributed by atoms with Crippen LogP contribution in [0.2, 0.25) is 0 Å². The van der Waals surface area contributed by atoms with Crippen molar-refractivity contribution in [2.75, 3.05) is 25.0 Å². The Bertz CT molecular complexity index is 851. The van der Waals surface area contributed by atoms with Crippen LogP contribution in [-0.2, 0) is 16.1 Å². The predicted molar refractivity (Wildman–Crippen MR) is 106 cm³/mol. The second-order valence-electron chi connectivity index (χ2n) is 7.69. The number of rotatable bonds is 6. The Morgan fingerprint density at radius 1 is 1.30 bits per heavy atom. The van der Waals surface area contributed by atoms with Crippen molar-refractivity contribution in [2.45, 2.75) is 46.3 Å². The van der Waals surface area contributed by atoms with Crippen LogP contribution in [0.15, 0.2) is 33.5 Å². The predicted octanol–water partition coefficient (Wildman–Crippen LogP) is 3.39. The van der Waals surface area contributed by atoms with Crippen molar-refractivity contribution < 1.29 is 13.9 Å². The van der Waals surface area contributed by atoms with Crippen molar-refractivity contribution in [2.24, 2.45) is 5.92 Å². The number of amides is 1. The summed E-state index contributed by atoms with van der Waals surface area (Å²) in [6.45, 7) is 9.20. The van der Waals surface area contributed by atoms with E-state index in [1.54, 1.807) is 12.1 Å². The summed E-state index contributed by atoms with van der Waals surface area (Å²) in [7, 11) is 0. The molecule has 2 aromatic rings. The van der Waals surface area contributed by atoms with Crippen molar-refractivity contribution in [3.63, 3.8) is 0 Å². The molecule has 1 amide bonds. The lowest BCUT2D eigenvalue weighted by Crippen LogP contribution is -2.37. The molecule has 1 aromatic carbocycles. The SMILES string of the molecule is CC(=O)Nc1ccc2c(CN3CCC(OCC(C)C)CC3)cc(=O)oc2c1. The van der Waals surface area contributed by atoms with Gasteiger partial charge in [-0.15, -0.1) is 0 Å². The Balaban J connectivity index is 1.70. The number of nitrogens with zero attached hydrogens (tertiary/aromatic N) is 1. The fraction of sp³-hybridized carbons (Fsp3) is 0.524. The van der Waals surface area contributed by atoms with Crippen molar-refractivity contribution in [1.82, 2.24) is 4.90 Å². The van der Waals surface area contributed by atoms with E-state index in [1.165, 1.54) is 6.92 Å². The zero-order chi connectivity index (χ0) is 19.4. The quantitative estimate of drug-likeness (QED) is 0.787. The number of piperidine rings is 1. The molecule has 6 nitrogen and oxygen atoms in total. The first-order valence-corrected chi connectivity index (χ1v) is 9.59. The van der Waals surface area contributed by atoms with Crippen LogP contribution >= 0.6 is 0 Å². The van der Waals surface area contributed by atoms with E-state index in [-0.39, 0.29) is 11.5 Å². The summed E-state index contributed by atoms with van der Waals surface area (Å²) in [6, 6.07) is 7.01. The second kappa shape index (κ2) is 8.67. The van der Waals surface area contributed by atoms with Crippen LogP contribution in [0.3, 0.4) is 0 Å². The maximum Gasteiger partial charge on any atom is 0.336 e. The van der Waals surface area contributed by atoms with Gasteiger partial charge in [0.15, 0.2) is 0 Å². The van der Waals surface area contributed by atoms with Crippen LogP contribution in [0.25, 0.3) is 11.0 Å². The molecule has 0 bridgehead atoms. The fourth-order valence-electron chi connectivity index (χ4n) is 3.45. The molecule has 2 heterocycles. The van der Waals surface area contributed by atoms with Gasteiger partial charge in [0.1, 0.15) is 5.58 Å². The monoisotopic (exact) mass is 372 g/mol. The first-order chi connectivity index (χ1) is 12.9. The Morgan fingerprint density at radius 2 is 2.04 bits per heavy atom. The maximum atomic E-state index is 12.0. The van der Waals surface area contributed by atoms with Crippen LogP contribution in [0, 0.1) is 5.92 Å². The van der Waals surface area contributed by atoms with E-state index < -0.39 is 0 Å². The lowest BCUT2D eigenvalue weighted by Gasteiger charge is -2.32. The third kappa shape index (κ3) is 5.40. The zero-order valence-electron chi connectivity index (χ0n) is 16.3. The van der Waals surface area contributed by atoms with Crippen molar-refractivity contribution in [3.8, 4) is 0 Å². The number of hydrogen-bond donors (Lipinski definition) is 1. The minimum Gasteiger partial charge on any atom is -0.423 e. The van der Waals surface area contributed by atoms with Crippen molar-refractivity contribution >= 4 is 22.6 Å². The Hall–Kier alpha value is -2.18. The number of likely N-dealkylation sites (tertiary alicyclic amines) is 1. The Morgan fingerprint density at radius 3 is 2.70 bits per heavy atom. The summed E-state index contributed by atoms with van der Waals surface area (Å²) in [4.78, 5) is 25.6. The van der Waals surface area contributed by atoms with Crippen molar-refractivity contribution in [1.29, 1.82) is 0 Å². The van der Waals surface area contributed by atoms with Gasteiger partial charge in [-0.05, 0) is 36.5 Å². The molecule has 3 rings (SSSR count). The van der Waals surface area contributed by atoms with Crippen LogP contribution < -0.4 is 10.9 Å². The van der Waals surface area contributed by atoms with E-state index >= 15 is 0 Å². The fourth-order valence-corrected chi connectivity index (χ4v) is 3.45. The van der Waals surface area contributed by atoms with Gasteiger partial charge in [0.05, 0.1) is 6.10 Å². The van der Waals surface area contributed by atoms with Crippen LogP contribution in [-0.4, -0.2) is 36.6 Å². The van der Waals surface area contributed by atoms with Gasteiger partial charge in [0.25, 0.3) is 0 Å². The molecule has 1 aliphatic rings. The first-order valence-electron chi connectivity index (χ1n) is 9.59. The van der Waals surface area contributed by atoms with E-state index in [2.05, 4.69) is 24.1 Å². The van der Waals surface area contributed by atoms with E-state index in [9.17, 15) is 9.59 Å². The summed E-state index contributed by atoms with van der Waals surface area (Å²) >= 11 is 0. The van der Waals surface area contributed by atoms with Crippen LogP contribution in [0.5, 0.6) is 0 Å². The number of carbonyl (C=O) groups is 1. The molecule has 0 aliphatic carbocycles. The molecule has 27 heavy (non-hydrogen) atoms. The molecule has 1 aliphatic heterocycles. The molecule has 1 N–H and O–H groups in total. The minimum atomic E-state index is -0.368. The first kappa shape index (κ1) is 19.6. The molecule has 1 saturated heterocycles. The average molecular weight is 372 g/mol. The molecular weight excluding hydrogens is 344 g/mol. The third-order valence-corrected chi connectivity index (χ3v) is 4.74. The third-order valence-electron chi connectivity index (χ3n) is 4.74. The van der Waals surface area contributed by atoms with Crippen LogP contribution in [0.1, 0.15) is 39.2 Å². The number of benzene rings is 1. The Kier molecular flexibility index (Phi) is 6.29. The van der Waals surface area contributed by atoms with Gasteiger partial charge in [0, 0.05) is 56.4 Å². The number of hydrogen-bond acceptors (Lipinski definition) is 5. The summed E-state index contributed by atoms with van der Waals surface area (Å²) in [5.41, 5.74) is 1.71. The Labute approximate surface area is 159 Å². The number of ether oxygens (including phenoxy) is 1. The van der Waals surface area contributed by atoms with Gasteiger partial charge in [-0.2, -0.15) is 0 Å². The zero-order valence-corrected chi connectivity index (χ0v) is 16.3. The van der Waals surface area contributed by atoms with Gasteiger partial charge in [-0.3, -0.25) is 9.69 Å². The summed E-state index contributed by atoms with van der Waals surface area (Å²) < 4.78 is 11.3. The lowest BCUT2D eigenvalue weighted by molar-refractivity contribution is -0.114. The minimum absolute atomic E-state index is 0.157. The maximum absolute atomic E-state index is 12.0. The van der Waals surface area contributed by atoms with E-state index in [0.717, 1.165) is 43.5 Å².